The first kappa shape index (κ1) is 13.7. The highest BCUT2D eigenvalue weighted by Gasteiger charge is 2.41. The largest absolute Gasteiger partial charge is 0.385 e. The number of hydrogen-bond acceptors (Lipinski definition) is 5. The predicted molar refractivity (Wildman–Crippen MR) is 80.1 cm³/mol. The van der Waals surface area contributed by atoms with Crippen LogP contribution in [-0.4, -0.2) is 30.2 Å². The molecular formula is C14H19N3O2S. The Morgan fingerprint density at radius 2 is 2.40 bits per heavy atom. The van der Waals surface area contributed by atoms with Crippen LogP contribution < -0.4 is 10.9 Å². The summed E-state index contributed by atoms with van der Waals surface area (Å²) >= 11 is 1.43. The standard InChI is InChI=1S/C14H19N3O2S/c1-19-6-5-14(3-4-14)9-15-8-11-16-10-2-7-20-12(10)13(18)17-11/h2,7,15H,3-6,8-9H2,1H3,(H,16,17,18). The number of thiophene rings is 1. The van der Waals surface area contributed by atoms with Crippen molar-refractivity contribution in [2.24, 2.45) is 5.41 Å². The summed E-state index contributed by atoms with van der Waals surface area (Å²) in [6.45, 7) is 2.38. The van der Waals surface area contributed by atoms with Gasteiger partial charge in [-0.1, -0.05) is 0 Å². The van der Waals surface area contributed by atoms with Gasteiger partial charge in [-0.2, -0.15) is 0 Å². The third kappa shape index (κ3) is 2.92. The Morgan fingerprint density at radius 1 is 1.55 bits per heavy atom. The van der Waals surface area contributed by atoms with Crippen molar-refractivity contribution in [3.05, 3.63) is 27.6 Å². The summed E-state index contributed by atoms with van der Waals surface area (Å²) in [5.74, 6) is 0.712. The Balaban J connectivity index is 1.59. The minimum absolute atomic E-state index is 0.0395. The third-order valence-electron chi connectivity index (χ3n) is 3.95. The molecule has 3 rings (SSSR count). The van der Waals surface area contributed by atoms with Crippen molar-refractivity contribution in [3.63, 3.8) is 0 Å². The lowest BCUT2D eigenvalue weighted by molar-refractivity contribution is 0.171. The molecule has 1 fully saturated rings. The number of H-pyrrole nitrogens is 1. The zero-order chi connectivity index (χ0) is 14.0. The van der Waals surface area contributed by atoms with Gasteiger partial charge in [0.2, 0.25) is 0 Å². The molecule has 6 heteroatoms. The van der Waals surface area contributed by atoms with Crippen LogP contribution in [0.3, 0.4) is 0 Å². The summed E-state index contributed by atoms with van der Waals surface area (Å²) < 4.78 is 5.85. The van der Waals surface area contributed by atoms with E-state index in [4.69, 9.17) is 4.74 Å². The van der Waals surface area contributed by atoms with Gasteiger partial charge in [-0.15, -0.1) is 11.3 Å². The van der Waals surface area contributed by atoms with E-state index in [9.17, 15) is 4.79 Å². The number of hydrogen-bond donors (Lipinski definition) is 2. The van der Waals surface area contributed by atoms with E-state index in [1.807, 2.05) is 11.4 Å². The lowest BCUT2D eigenvalue weighted by Crippen LogP contribution is -2.26. The first-order chi connectivity index (χ1) is 9.72. The van der Waals surface area contributed by atoms with E-state index >= 15 is 0 Å². The van der Waals surface area contributed by atoms with Crippen LogP contribution in [0.5, 0.6) is 0 Å². The Hall–Kier alpha value is -1.24. The maximum Gasteiger partial charge on any atom is 0.268 e. The second-order valence-electron chi connectivity index (χ2n) is 5.49. The highest BCUT2D eigenvalue weighted by molar-refractivity contribution is 7.17. The Labute approximate surface area is 121 Å². The van der Waals surface area contributed by atoms with Gasteiger partial charge in [-0.05, 0) is 36.1 Å². The molecule has 2 N–H and O–H groups in total. The average molecular weight is 293 g/mol. The van der Waals surface area contributed by atoms with Crippen molar-refractivity contribution < 1.29 is 4.74 Å². The van der Waals surface area contributed by atoms with Crippen molar-refractivity contribution in [2.45, 2.75) is 25.8 Å². The van der Waals surface area contributed by atoms with Crippen LogP contribution in [-0.2, 0) is 11.3 Å². The molecule has 1 saturated carbocycles. The number of aromatic amines is 1. The second kappa shape index (κ2) is 5.63. The minimum Gasteiger partial charge on any atom is -0.385 e. The molecule has 0 unspecified atom stereocenters. The van der Waals surface area contributed by atoms with Crippen molar-refractivity contribution in [1.29, 1.82) is 0 Å². The Kier molecular flexibility index (Phi) is 3.87. The molecule has 2 heterocycles. The molecule has 1 aliphatic rings. The second-order valence-corrected chi connectivity index (χ2v) is 6.41. The fraction of sp³-hybridized carbons (Fsp3) is 0.571. The van der Waals surface area contributed by atoms with E-state index in [2.05, 4.69) is 15.3 Å². The number of methoxy groups -OCH3 is 1. The van der Waals surface area contributed by atoms with Crippen LogP contribution in [0, 0.1) is 5.41 Å². The summed E-state index contributed by atoms with van der Waals surface area (Å²) in [7, 11) is 1.74. The zero-order valence-corrected chi connectivity index (χ0v) is 12.4. The molecule has 0 aliphatic heterocycles. The van der Waals surface area contributed by atoms with Gasteiger partial charge in [0.1, 0.15) is 10.5 Å². The molecule has 0 radical (unpaired) electrons. The van der Waals surface area contributed by atoms with Crippen LogP contribution in [0.4, 0.5) is 0 Å². The van der Waals surface area contributed by atoms with Gasteiger partial charge >= 0.3 is 0 Å². The summed E-state index contributed by atoms with van der Waals surface area (Å²) in [6, 6.07) is 1.89. The lowest BCUT2D eigenvalue weighted by Gasteiger charge is -2.15. The Morgan fingerprint density at radius 3 is 3.15 bits per heavy atom. The van der Waals surface area contributed by atoms with Gasteiger partial charge in [-0.25, -0.2) is 4.98 Å². The molecule has 0 amide bonds. The molecule has 0 bridgehead atoms. The number of aromatic nitrogens is 2. The SMILES string of the molecule is COCCC1(CNCc2nc3ccsc3c(=O)[nH]2)CC1. The maximum atomic E-state index is 11.8. The van der Waals surface area contributed by atoms with Crippen LogP contribution >= 0.6 is 11.3 Å². The summed E-state index contributed by atoms with van der Waals surface area (Å²) in [5, 5.41) is 5.31. The highest BCUT2D eigenvalue weighted by Crippen LogP contribution is 2.48. The molecule has 0 aromatic carbocycles. The van der Waals surface area contributed by atoms with E-state index in [1.54, 1.807) is 7.11 Å². The van der Waals surface area contributed by atoms with Crippen molar-refractivity contribution in [2.75, 3.05) is 20.3 Å². The lowest BCUT2D eigenvalue weighted by atomic mass is 10.0. The zero-order valence-electron chi connectivity index (χ0n) is 11.6. The van der Waals surface area contributed by atoms with Crippen molar-refractivity contribution >= 4 is 21.6 Å². The summed E-state index contributed by atoms with van der Waals surface area (Å²) in [6.07, 6.45) is 3.62. The molecule has 0 saturated heterocycles. The number of fused-ring (bicyclic) bond motifs is 1. The third-order valence-corrected chi connectivity index (χ3v) is 4.85. The van der Waals surface area contributed by atoms with Gasteiger partial charge in [0.05, 0.1) is 12.1 Å². The topological polar surface area (TPSA) is 67.0 Å². The van der Waals surface area contributed by atoms with Crippen molar-refractivity contribution in [3.8, 4) is 0 Å². The van der Waals surface area contributed by atoms with Crippen LogP contribution in [0.2, 0.25) is 0 Å². The predicted octanol–water partition coefficient (Wildman–Crippen LogP) is 1.89. The summed E-state index contributed by atoms with van der Waals surface area (Å²) in [4.78, 5) is 19.2. The quantitative estimate of drug-likeness (QED) is 0.818. The van der Waals surface area contributed by atoms with E-state index in [1.165, 1.54) is 24.2 Å². The van der Waals surface area contributed by atoms with E-state index in [-0.39, 0.29) is 5.56 Å². The normalized spacial score (nSPS) is 16.6. The molecule has 0 atom stereocenters. The van der Waals surface area contributed by atoms with E-state index in [0.717, 1.165) is 25.1 Å². The number of ether oxygens (including phenoxy) is 1. The number of nitrogens with zero attached hydrogens (tertiary/aromatic N) is 1. The van der Waals surface area contributed by atoms with Crippen molar-refractivity contribution in [1.82, 2.24) is 15.3 Å². The van der Waals surface area contributed by atoms with Gasteiger partial charge in [0.25, 0.3) is 5.56 Å². The fourth-order valence-corrected chi connectivity index (χ4v) is 3.19. The Bertz CT molecular complexity index is 645. The molecule has 20 heavy (non-hydrogen) atoms. The first-order valence-corrected chi connectivity index (χ1v) is 7.76. The monoisotopic (exact) mass is 293 g/mol. The molecule has 5 nitrogen and oxygen atoms in total. The summed E-state index contributed by atoms with van der Waals surface area (Å²) in [5.41, 5.74) is 1.15. The number of rotatable bonds is 7. The molecular weight excluding hydrogens is 274 g/mol. The van der Waals surface area contributed by atoms with Gasteiger partial charge < -0.3 is 15.0 Å². The molecule has 1 aliphatic carbocycles. The van der Waals surface area contributed by atoms with E-state index in [0.29, 0.717) is 22.5 Å². The number of nitrogens with one attached hydrogen (secondary N) is 2. The fourth-order valence-electron chi connectivity index (χ4n) is 2.46. The highest BCUT2D eigenvalue weighted by atomic mass is 32.1. The maximum absolute atomic E-state index is 11.8. The minimum atomic E-state index is -0.0395. The van der Waals surface area contributed by atoms with Crippen LogP contribution in [0.15, 0.2) is 16.2 Å². The molecule has 0 spiro atoms. The van der Waals surface area contributed by atoms with E-state index < -0.39 is 0 Å². The molecule has 2 aromatic rings. The molecule has 108 valence electrons. The van der Waals surface area contributed by atoms with Crippen LogP contribution in [0.1, 0.15) is 25.1 Å². The molecule has 2 aromatic heterocycles. The van der Waals surface area contributed by atoms with Crippen LogP contribution in [0.25, 0.3) is 10.2 Å². The first-order valence-electron chi connectivity index (χ1n) is 6.88. The average Bonchev–Trinajstić information content (AvgIpc) is 3.03. The van der Waals surface area contributed by atoms with Gasteiger partial charge in [0, 0.05) is 20.3 Å². The van der Waals surface area contributed by atoms with Gasteiger partial charge in [0.15, 0.2) is 0 Å². The smallest absolute Gasteiger partial charge is 0.268 e. The van der Waals surface area contributed by atoms with Gasteiger partial charge in [-0.3, -0.25) is 4.79 Å².